The summed E-state index contributed by atoms with van der Waals surface area (Å²) in [5.41, 5.74) is 2.46. The van der Waals surface area contributed by atoms with E-state index in [0.717, 1.165) is 28.6 Å². The molecule has 7 heteroatoms. The molecule has 30 heavy (non-hydrogen) atoms. The highest BCUT2D eigenvalue weighted by molar-refractivity contribution is 6.04. The van der Waals surface area contributed by atoms with E-state index in [1.54, 1.807) is 12.0 Å². The second-order valence-corrected chi connectivity index (χ2v) is 7.57. The van der Waals surface area contributed by atoms with Crippen molar-refractivity contribution < 1.29 is 14.3 Å². The zero-order chi connectivity index (χ0) is 20.9. The Bertz CT molecular complexity index is 1020. The summed E-state index contributed by atoms with van der Waals surface area (Å²) in [6, 6.07) is 15.5. The summed E-state index contributed by atoms with van der Waals surface area (Å²) in [5, 5.41) is 11.0. The van der Waals surface area contributed by atoms with Gasteiger partial charge in [0.1, 0.15) is 5.75 Å². The van der Waals surface area contributed by atoms with Crippen LogP contribution in [0, 0.1) is 5.92 Å². The maximum absolute atomic E-state index is 12.9. The lowest BCUT2D eigenvalue weighted by Crippen LogP contribution is -2.43. The van der Waals surface area contributed by atoms with Crippen LogP contribution in [0.3, 0.4) is 0 Å². The largest absolute Gasteiger partial charge is 0.497 e. The minimum Gasteiger partial charge on any atom is -0.497 e. The van der Waals surface area contributed by atoms with Gasteiger partial charge in [-0.2, -0.15) is 5.10 Å². The maximum Gasteiger partial charge on any atom is 0.274 e. The van der Waals surface area contributed by atoms with E-state index in [2.05, 4.69) is 15.5 Å². The zero-order valence-corrected chi connectivity index (χ0v) is 17.1. The summed E-state index contributed by atoms with van der Waals surface area (Å²) >= 11 is 0. The van der Waals surface area contributed by atoms with Gasteiger partial charge in [0.05, 0.1) is 12.6 Å². The second kappa shape index (κ2) is 8.98. The van der Waals surface area contributed by atoms with Gasteiger partial charge < -0.3 is 15.0 Å². The highest BCUT2D eigenvalue weighted by atomic mass is 16.5. The van der Waals surface area contributed by atoms with Gasteiger partial charge in [0, 0.05) is 30.9 Å². The number of nitrogens with one attached hydrogen (secondary N) is 2. The van der Waals surface area contributed by atoms with Crippen LogP contribution in [0.15, 0.2) is 48.5 Å². The molecule has 2 aromatic carbocycles. The molecule has 4 rings (SSSR count). The van der Waals surface area contributed by atoms with Gasteiger partial charge in [0.2, 0.25) is 5.91 Å². The van der Waals surface area contributed by atoms with Crippen LogP contribution in [0.4, 0.5) is 0 Å². The maximum atomic E-state index is 12.9. The van der Waals surface area contributed by atoms with E-state index in [1.165, 1.54) is 0 Å². The normalized spacial score (nSPS) is 14.6. The first-order chi connectivity index (χ1) is 14.7. The molecule has 0 bridgehead atoms. The molecule has 156 valence electrons. The van der Waals surface area contributed by atoms with Crippen LogP contribution in [-0.4, -0.2) is 53.7 Å². The van der Waals surface area contributed by atoms with Gasteiger partial charge in [-0.15, -0.1) is 0 Å². The number of hydrogen-bond donors (Lipinski definition) is 2. The highest BCUT2D eigenvalue weighted by Gasteiger charge is 2.29. The number of methoxy groups -OCH3 is 1. The van der Waals surface area contributed by atoms with Crippen LogP contribution in [0.25, 0.3) is 10.9 Å². The van der Waals surface area contributed by atoms with E-state index in [9.17, 15) is 9.59 Å². The molecular formula is C23H26N4O3. The molecule has 1 fully saturated rings. The van der Waals surface area contributed by atoms with Gasteiger partial charge in [-0.1, -0.05) is 30.3 Å². The Kier molecular flexibility index (Phi) is 5.97. The van der Waals surface area contributed by atoms with Crippen LogP contribution >= 0.6 is 0 Å². The smallest absolute Gasteiger partial charge is 0.274 e. The first-order valence-corrected chi connectivity index (χ1v) is 10.3. The topological polar surface area (TPSA) is 87.3 Å². The number of aromatic amines is 1. The molecule has 0 atom stereocenters. The fourth-order valence-electron chi connectivity index (χ4n) is 3.89. The number of fused-ring (bicyclic) bond motifs is 1. The van der Waals surface area contributed by atoms with Crippen molar-refractivity contribution in [3.63, 3.8) is 0 Å². The van der Waals surface area contributed by atoms with Gasteiger partial charge in [0.15, 0.2) is 5.69 Å². The van der Waals surface area contributed by atoms with Crippen LogP contribution < -0.4 is 10.1 Å². The van der Waals surface area contributed by atoms with Crippen molar-refractivity contribution in [2.24, 2.45) is 5.92 Å². The number of aromatic nitrogens is 2. The standard InChI is InChI=1S/C23H26N4O3/c1-30-18-8-6-16(7-9-18)10-13-24-22(28)17-11-14-27(15-12-17)23(29)21-19-4-2-3-5-20(19)25-26-21/h2-9,17H,10-15H2,1H3,(H,24,28)(H,25,26). The average molecular weight is 406 g/mol. The Morgan fingerprint density at radius 2 is 1.87 bits per heavy atom. The number of H-pyrrole nitrogens is 1. The Balaban J connectivity index is 1.25. The fraction of sp³-hybridized carbons (Fsp3) is 0.348. The van der Waals surface area contributed by atoms with Gasteiger partial charge >= 0.3 is 0 Å². The number of likely N-dealkylation sites (tertiary alicyclic amines) is 1. The summed E-state index contributed by atoms with van der Waals surface area (Å²) < 4.78 is 5.16. The molecule has 2 heterocycles. The average Bonchev–Trinajstić information content (AvgIpc) is 3.23. The number of nitrogens with zero attached hydrogens (tertiary/aromatic N) is 2. The first-order valence-electron chi connectivity index (χ1n) is 10.3. The number of hydrogen-bond acceptors (Lipinski definition) is 4. The molecule has 7 nitrogen and oxygen atoms in total. The lowest BCUT2D eigenvalue weighted by molar-refractivity contribution is -0.126. The van der Waals surface area contributed by atoms with Crippen molar-refractivity contribution >= 4 is 22.7 Å². The quantitative estimate of drug-likeness (QED) is 0.659. The van der Waals surface area contributed by atoms with Gasteiger partial charge in [-0.3, -0.25) is 14.7 Å². The third kappa shape index (κ3) is 4.30. The van der Waals surface area contributed by atoms with Crippen molar-refractivity contribution in [2.75, 3.05) is 26.7 Å². The molecule has 2 N–H and O–H groups in total. The lowest BCUT2D eigenvalue weighted by Gasteiger charge is -2.31. The third-order valence-electron chi connectivity index (χ3n) is 5.70. The molecule has 0 spiro atoms. The van der Waals surface area contributed by atoms with Crippen molar-refractivity contribution in [3.05, 3.63) is 59.8 Å². The molecule has 0 saturated carbocycles. The van der Waals surface area contributed by atoms with Crippen molar-refractivity contribution in [1.82, 2.24) is 20.4 Å². The number of piperidine rings is 1. The molecule has 0 unspecified atom stereocenters. The molecule has 0 radical (unpaired) electrons. The molecular weight excluding hydrogens is 380 g/mol. The fourth-order valence-corrected chi connectivity index (χ4v) is 3.89. The predicted molar refractivity (Wildman–Crippen MR) is 114 cm³/mol. The van der Waals surface area contributed by atoms with Crippen LogP contribution in [-0.2, 0) is 11.2 Å². The molecule has 1 aromatic heterocycles. The van der Waals surface area contributed by atoms with Crippen LogP contribution in [0.2, 0.25) is 0 Å². The molecule has 0 aliphatic carbocycles. The third-order valence-corrected chi connectivity index (χ3v) is 5.70. The number of amides is 2. The van der Waals surface area contributed by atoms with Crippen LogP contribution in [0.5, 0.6) is 5.75 Å². The molecule has 1 aliphatic heterocycles. The van der Waals surface area contributed by atoms with E-state index in [4.69, 9.17) is 4.74 Å². The van der Waals surface area contributed by atoms with Gasteiger partial charge in [0.25, 0.3) is 5.91 Å². The van der Waals surface area contributed by atoms with Crippen molar-refractivity contribution in [2.45, 2.75) is 19.3 Å². The minimum atomic E-state index is -0.0780. The summed E-state index contributed by atoms with van der Waals surface area (Å²) in [7, 11) is 1.64. The first kappa shape index (κ1) is 19.9. The van der Waals surface area contributed by atoms with Crippen molar-refractivity contribution in [3.8, 4) is 5.75 Å². The van der Waals surface area contributed by atoms with E-state index in [-0.39, 0.29) is 17.7 Å². The van der Waals surface area contributed by atoms with Gasteiger partial charge in [-0.05, 0) is 43.0 Å². The second-order valence-electron chi connectivity index (χ2n) is 7.57. The predicted octanol–water partition coefficient (Wildman–Crippen LogP) is 2.78. The summed E-state index contributed by atoms with van der Waals surface area (Å²) in [4.78, 5) is 27.2. The molecule has 3 aromatic rings. The lowest BCUT2D eigenvalue weighted by atomic mass is 9.95. The number of benzene rings is 2. The summed E-state index contributed by atoms with van der Waals surface area (Å²) in [5.74, 6) is 0.763. The van der Waals surface area contributed by atoms with E-state index >= 15 is 0 Å². The highest BCUT2D eigenvalue weighted by Crippen LogP contribution is 2.22. The molecule has 2 amide bonds. The molecule has 1 aliphatic rings. The van der Waals surface area contributed by atoms with Crippen LogP contribution in [0.1, 0.15) is 28.9 Å². The number of rotatable bonds is 6. The van der Waals surface area contributed by atoms with Gasteiger partial charge in [-0.25, -0.2) is 0 Å². The number of ether oxygens (including phenoxy) is 1. The Hall–Kier alpha value is -3.35. The minimum absolute atomic E-state index is 0.0548. The SMILES string of the molecule is COc1ccc(CCNC(=O)C2CCN(C(=O)c3n[nH]c4ccccc34)CC2)cc1. The van der Waals surface area contributed by atoms with Crippen molar-refractivity contribution in [1.29, 1.82) is 0 Å². The molecule has 1 saturated heterocycles. The van der Waals surface area contributed by atoms with E-state index in [0.29, 0.717) is 38.2 Å². The Labute approximate surface area is 175 Å². The number of carbonyl (C=O) groups excluding carboxylic acids is 2. The number of para-hydroxylation sites is 1. The number of carbonyl (C=O) groups is 2. The summed E-state index contributed by atoms with van der Waals surface area (Å²) in [6.07, 6.45) is 2.12. The zero-order valence-electron chi connectivity index (χ0n) is 17.1. The monoisotopic (exact) mass is 406 g/mol. The Morgan fingerprint density at radius 1 is 1.13 bits per heavy atom. The van der Waals surface area contributed by atoms with E-state index in [1.807, 2.05) is 48.5 Å². The summed E-state index contributed by atoms with van der Waals surface area (Å²) in [6.45, 7) is 1.73. The van der Waals surface area contributed by atoms with E-state index < -0.39 is 0 Å². The Morgan fingerprint density at radius 3 is 2.60 bits per heavy atom.